The molecule has 3 N–H and O–H groups in total. The molecule has 0 fully saturated rings. The fraction of sp³-hybridized carbons (Fsp3) is 0.208. The Hall–Kier alpha value is -2.67. The molecular weight excluding hydrogens is 446 g/mol. The molecular formula is C24H22BrNO4. The highest BCUT2D eigenvalue weighted by Gasteiger charge is 2.29. The fourth-order valence-electron chi connectivity index (χ4n) is 3.87. The van der Waals surface area contributed by atoms with E-state index in [2.05, 4.69) is 45.5 Å². The fourth-order valence-corrected chi connectivity index (χ4v) is 4.39. The summed E-state index contributed by atoms with van der Waals surface area (Å²) in [6, 6.07) is 23.3. The number of carbonyl (C=O) groups excluding carboxylic acids is 1. The first-order chi connectivity index (χ1) is 14.6. The molecule has 0 aliphatic heterocycles. The standard InChI is InChI=1S/C24H22BrNO4/c25-21-12-6-5-11-19(21)23(28)22(27)13-26-24(29)30-14-20-17-9-3-1-7-15(17)16-8-2-4-10-18(16)20/h1-12,20,22-23,27-28H,13-14H2,(H,26,29). The van der Waals surface area contributed by atoms with E-state index in [1.165, 1.54) is 0 Å². The summed E-state index contributed by atoms with van der Waals surface area (Å²) in [6.45, 7) is 0.0713. The van der Waals surface area contributed by atoms with Gasteiger partial charge in [-0.3, -0.25) is 0 Å². The Morgan fingerprint density at radius 1 is 0.933 bits per heavy atom. The highest BCUT2D eigenvalue weighted by molar-refractivity contribution is 9.10. The van der Waals surface area contributed by atoms with Crippen LogP contribution in [0.3, 0.4) is 0 Å². The first-order valence-corrected chi connectivity index (χ1v) is 10.5. The van der Waals surface area contributed by atoms with E-state index in [0.717, 1.165) is 22.3 Å². The third kappa shape index (κ3) is 4.12. The molecule has 1 aliphatic carbocycles. The van der Waals surface area contributed by atoms with Gasteiger partial charge < -0.3 is 20.3 Å². The van der Waals surface area contributed by atoms with Gasteiger partial charge in [0, 0.05) is 16.9 Å². The number of aliphatic hydroxyl groups excluding tert-OH is 2. The normalized spacial score (nSPS) is 14.5. The Morgan fingerprint density at radius 2 is 1.50 bits per heavy atom. The van der Waals surface area contributed by atoms with Crippen LogP contribution in [-0.4, -0.2) is 35.6 Å². The van der Waals surface area contributed by atoms with Gasteiger partial charge in [-0.25, -0.2) is 4.79 Å². The molecule has 3 aromatic rings. The zero-order valence-electron chi connectivity index (χ0n) is 16.2. The zero-order chi connectivity index (χ0) is 21.1. The number of nitrogens with one attached hydrogen (secondary N) is 1. The summed E-state index contributed by atoms with van der Waals surface area (Å²) in [6.07, 6.45) is -2.92. The predicted molar refractivity (Wildman–Crippen MR) is 118 cm³/mol. The molecule has 1 aliphatic rings. The van der Waals surface area contributed by atoms with Crippen LogP contribution in [0.15, 0.2) is 77.3 Å². The third-order valence-electron chi connectivity index (χ3n) is 5.39. The van der Waals surface area contributed by atoms with E-state index in [0.29, 0.717) is 10.0 Å². The average molecular weight is 468 g/mol. The van der Waals surface area contributed by atoms with Crippen LogP contribution >= 0.6 is 15.9 Å². The van der Waals surface area contributed by atoms with Gasteiger partial charge in [0.25, 0.3) is 0 Å². The monoisotopic (exact) mass is 467 g/mol. The number of hydrogen-bond acceptors (Lipinski definition) is 4. The Bertz CT molecular complexity index is 1010. The lowest BCUT2D eigenvalue weighted by atomic mass is 9.98. The highest BCUT2D eigenvalue weighted by atomic mass is 79.9. The third-order valence-corrected chi connectivity index (χ3v) is 6.11. The van der Waals surface area contributed by atoms with Crippen molar-refractivity contribution in [3.05, 3.63) is 94.0 Å². The largest absolute Gasteiger partial charge is 0.449 e. The molecule has 30 heavy (non-hydrogen) atoms. The van der Waals surface area contributed by atoms with Crippen LogP contribution in [0.4, 0.5) is 4.79 Å². The Kier molecular flexibility index (Phi) is 6.18. The summed E-state index contributed by atoms with van der Waals surface area (Å²) >= 11 is 3.35. The molecule has 1 amide bonds. The Balaban J connectivity index is 1.35. The number of aliphatic hydroxyl groups is 2. The molecule has 5 nitrogen and oxygen atoms in total. The SMILES string of the molecule is O=C(NCC(O)C(O)c1ccccc1Br)OCC1c2ccccc2-c2ccccc21. The van der Waals surface area contributed by atoms with E-state index in [4.69, 9.17) is 4.74 Å². The number of rotatable bonds is 6. The maximum Gasteiger partial charge on any atom is 0.407 e. The summed E-state index contributed by atoms with van der Waals surface area (Å²) in [5, 5.41) is 23.1. The van der Waals surface area contributed by atoms with Crippen LogP contribution in [0.1, 0.15) is 28.7 Å². The first-order valence-electron chi connectivity index (χ1n) is 9.75. The quantitative estimate of drug-likeness (QED) is 0.502. The molecule has 0 radical (unpaired) electrons. The van der Waals surface area contributed by atoms with Crippen molar-refractivity contribution in [2.45, 2.75) is 18.1 Å². The molecule has 4 rings (SSSR count). The number of hydrogen-bond donors (Lipinski definition) is 3. The van der Waals surface area contributed by atoms with Crippen molar-refractivity contribution in [2.75, 3.05) is 13.2 Å². The molecule has 0 spiro atoms. The van der Waals surface area contributed by atoms with Gasteiger partial charge in [-0.2, -0.15) is 0 Å². The number of alkyl carbamates (subject to hydrolysis) is 1. The van der Waals surface area contributed by atoms with Gasteiger partial charge in [0.1, 0.15) is 18.8 Å². The van der Waals surface area contributed by atoms with E-state index < -0.39 is 18.3 Å². The molecule has 2 atom stereocenters. The minimum absolute atomic E-state index is 0.0288. The van der Waals surface area contributed by atoms with Crippen molar-refractivity contribution in [2.24, 2.45) is 0 Å². The smallest absolute Gasteiger partial charge is 0.407 e. The van der Waals surface area contributed by atoms with Crippen molar-refractivity contribution < 1.29 is 19.7 Å². The minimum atomic E-state index is -1.16. The van der Waals surface area contributed by atoms with Crippen molar-refractivity contribution in [1.29, 1.82) is 0 Å². The lowest BCUT2D eigenvalue weighted by Crippen LogP contribution is -2.36. The topological polar surface area (TPSA) is 78.8 Å². The van der Waals surface area contributed by atoms with Gasteiger partial charge in [-0.1, -0.05) is 82.7 Å². The van der Waals surface area contributed by atoms with Crippen molar-refractivity contribution in [3.8, 4) is 11.1 Å². The Morgan fingerprint density at radius 3 is 2.13 bits per heavy atom. The summed E-state index contributed by atoms with van der Waals surface area (Å²) in [5.41, 5.74) is 5.15. The maximum atomic E-state index is 12.2. The highest BCUT2D eigenvalue weighted by Crippen LogP contribution is 2.44. The van der Waals surface area contributed by atoms with Gasteiger partial charge in [0.05, 0.1) is 0 Å². The van der Waals surface area contributed by atoms with Crippen molar-refractivity contribution >= 4 is 22.0 Å². The second-order valence-electron chi connectivity index (χ2n) is 7.24. The molecule has 6 heteroatoms. The van der Waals surface area contributed by atoms with Crippen molar-refractivity contribution in [1.82, 2.24) is 5.32 Å². The second-order valence-corrected chi connectivity index (χ2v) is 8.09. The van der Waals surface area contributed by atoms with E-state index in [1.807, 2.05) is 30.3 Å². The Labute approximate surface area is 183 Å². The number of halogens is 1. The van der Waals surface area contributed by atoms with E-state index >= 15 is 0 Å². The number of carbonyl (C=O) groups is 1. The van der Waals surface area contributed by atoms with Crippen LogP contribution in [0.25, 0.3) is 11.1 Å². The lowest BCUT2D eigenvalue weighted by Gasteiger charge is -2.20. The van der Waals surface area contributed by atoms with Crippen LogP contribution in [0.2, 0.25) is 0 Å². The van der Waals surface area contributed by atoms with Gasteiger partial charge >= 0.3 is 6.09 Å². The maximum absolute atomic E-state index is 12.2. The number of fused-ring (bicyclic) bond motifs is 3. The molecule has 3 aromatic carbocycles. The molecule has 0 bridgehead atoms. The summed E-state index contributed by atoms with van der Waals surface area (Å²) < 4.78 is 6.14. The minimum Gasteiger partial charge on any atom is -0.449 e. The molecule has 154 valence electrons. The van der Waals surface area contributed by atoms with Gasteiger partial charge in [0.2, 0.25) is 0 Å². The van der Waals surface area contributed by atoms with E-state index in [-0.39, 0.29) is 19.1 Å². The van der Waals surface area contributed by atoms with E-state index in [1.54, 1.807) is 18.2 Å². The number of benzene rings is 3. The van der Waals surface area contributed by atoms with Crippen molar-refractivity contribution in [3.63, 3.8) is 0 Å². The number of amides is 1. The van der Waals surface area contributed by atoms with Crippen LogP contribution in [-0.2, 0) is 4.74 Å². The molecule has 0 heterocycles. The van der Waals surface area contributed by atoms with Crippen LogP contribution in [0.5, 0.6) is 0 Å². The predicted octanol–water partition coefficient (Wildman–Crippen LogP) is 4.38. The molecule has 0 saturated heterocycles. The van der Waals surface area contributed by atoms with Gasteiger partial charge in [0.15, 0.2) is 0 Å². The molecule has 0 aromatic heterocycles. The van der Waals surface area contributed by atoms with Gasteiger partial charge in [-0.15, -0.1) is 0 Å². The van der Waals surface area contributed by atoms with Crippen LogP contribution < -0.4 is 5.32 Å². The van der Waals surface area contributed by atoms with Crippen LogP contribution in [0, 0.1) is 0 Å². The summed E-state index contributed by atoms with van der Waals surface area (Å²) in [7, 11) is 0. The summed E-state index contributed by atoms with van der Waals surface area (Å²) in [4.78, 5) is 12.2. The summed E-state index contributed by atoms with van der Waals surface area (Å²) in [5.74, 6) is -0.0288. The number of ether oxygens (including phenoxy) is 1. The lowest BCUT2D eigenvalue weighted by molar-refractivity contribution is 0.0181. The zero-order valence-corrected chi connectivity index (χ0v) is 17.7. The first kappa shape index (κ1) is 20.6. The van der Waals surface area contributed by atoms with E-state index in [9.17, 15) is 15.0 Å². The van der Waals surface area contributed by atoms with Gasteiger partial charge in [-0.05, 0) is 33.9 Å². The molecule has 2 unspecified atom stereocenters. The molecule has 0 saturated carbocycles. The second kappa shape index (κ2) is 9.00. The average Bonchev–Trinajstić information content (AvgIpc) is 3.09.